The third kappa shape index (κ3) is 2.04. The number of nitrogens with zero attached hydrogens (tertiary/aromatic N) is 3. The number of hydrogen-bond donors (Lipinski definition) is 0. The molecule has 0 aromatic heterocycles. The first-order chi connectivity index (χ1) is 8.29. The molecule has 3 atom stereocenters. The second kappa shape index (κ2) is 4.30. The number of carbonyl (C=O) groups is 1. The maximum atomic E-state index is 12.1. The lowest BCUT2D eigenvalue weighted by atomic mass is 10.1. The van der Waals surface area contributed by atoms with Gasteiger partial charge in [-0.05, 0) is 37.8 Å². The van der Waals surface area contributed by atoms with Crippen molar-refractivity contribution in [3.63, 3.8) is 0 Å². The summed E-state index contributed by atoms with van der Waals surface area (Å²) in [5.41, 5.74) is 0. The van der Waals surface area contributed by atoms with Crippen LogP contribution in [0.4, 0.5) is 0 Å². The van der Waals surface area contributed by atoms with Gasteiger partial charge in [0.2, 0.25) is 5.91 Å². The maximum Gasteiger partial charge on any atom is 0.236 e. The van der Waals surface area contributed by atoms with Crippen LogP contribution in [0.25, 0.3) is 0 Å². The van der Waals surface area contributed by atoms with E-state index in [2.05, 4.69) is 11.0 Å². The molecule has 0 aromatic carbocycles. The zero-order chi connectivity index (χ0) is 11.8. The van der Waals surface area contributed by atoms with Gasteiger partial charge in [-0.15, -0.1) is 0 Å². The SMILES string of the molecule is N#CC1[C@H]2CN(C(=O)CN3CCCCC3)C[C@@H]12. The third-order valence-corrected chi connectivity index (χ3v) is 4.50. The fourth-order valence-electron chi connectivity index (χ4n) is 3.33. The Labute approximate surface area is 102 Å². The average Bonchev–Trinajstić information content (AvgIpc) is 2.82. The average molecular weight is 233 g/mol. The summed E-state index contributed by atoms with van der Waals surface area (Å²) in [6.45, 7) is 4.41. The minimum absolute atomic E-state index is 0.244. The van der Waals surface area contributed by atoms with Gasteiger partial charge in [-0.2, -0.15) is 5.26 Å². The van der Waals surface area contributed by atoms with E-state index in [9.17, 15) is 4.79 Å². The Hall–Kier alpha value is -1.08. The van der Waals surface area contributed by atoms with Crippen molar-refractivity contribution in [1.29, 1.82) is 5.26 Å². The van der Waals surface area contributed by atoms with E-state index in [1.165, 1.54) is 19.3 Å². The van der Waals surface area contributed by atoms with Gasteiger partial charge < -0.3 is 4.90 Å². The number of amides is 1. The quantitative estimate of drug-likeness (QED) is 0.705. The highest BCUT2D eigenvalue weighted by Crippen LogP contribution is 2.51. The summed E-state index contributed by atoms with van der Waals surface area (Å²) in [5, 5.41) is 8.84. The minimum atomic E-state index is 0.244. The first-order valence-electron chi connectivity index (χ1n) is 6.69. The van der Waals surface area contributed by atoms with Crippen LogP contribution in [0.1, 0.15) is 19.3 Å². The molecule has 0 spiro atoms. The predicted molar refractivity (Wildman–Crippen MR) is 63.0 cm³/mol. The molecule has 1 amide bonds. The van der Waals surface area contributed by atoms with Crippen LogP contribution in [-0.2, 0) is 4.79 Å². The van der Waals surface area contributed by atoms with Gasteiger partial charge in [-0.1, -0.05) is 6.42 Å². The largest absolute Gasteiger partial charge is 0.341 e. The standard InChI is InChI=1S/C13H19N3O/c14-6-10-11-7-16(8-12(10)11)13(17)9-15-4-2-1-3-5-15/h10-12H,1-5,7-9H2/t10?,11-,12+. The van der Waals surface area contributed by atoms with Gasteiger partial charge in [-0.3, -0.25) is 9.69 Å². The highest BCUT2D eigenvalue weighted by Gasteiger charge is 2.57. The number of nitriles is 1. The summed E-state index contributed by atoms with van der Waals surface area (Å²) in [7, 11) is 0. The van der Waals surface area contributed by atoms with E-state index in [1.54, 1.807) is 0 Å². The van der Waals surface area contributed by atoms with Crippen LogP contribution in [0.2, 0.25) is 0 Å². The second-order valence-corrected chi connectivity index (χ2v) is 5.62. The lowest BCUT2D eigenvalue weighted by molar-refractivity contribution is -0.132. The van der Waals surface area contributed by atoms with Crippen LogP contribution in [0.3, 0.4) is 0 Å². The lowest BCUT2D eigenvalue weighted by Crippen LogP contribution is -2.42. The molecule has 4 nitrogen and oxygen atoms in total. The Morgan fingerprint density at radius 1 is 1.18 bits per heavy atom. The summed E-state index contributed by atoms with van der Waals surface area (Å²) in [6.07, 6.45) is 3.77. The summed E-state index contributed by atoms with van der Waals surface area (Å²) >= 11 is 0. The molecule has 2 aliphatic heterocycles. The number of rotatable bonds is 2. The number of hydrogen-bond acceptors (Lipinski definition) is 3. The van der Waals surface area contributed by atoms with Gasteiger partial charge in [0.1, 0.15) is 0 Å². The third-order valence-electron chi connectivity index (χ3n) is 4.50. The molecule has 2 saturated heterocycles. The molecular formula is C13H19N3O. The zero-order valence-corrected chi connectivity index (χ0v) is 10.1. The molecule has 1 aliphatic carbocycles. The van der Waals surface area contributed by atoms with E-state index in [4.69, 9.17) is 5.26 Å². The topological polar surface area (TPSA) is 47.3 Å². The van der Waals surface area contributed by atoms with E-state index in [0.29, 0.717) is 18.4 Å². The van der Waals surface area contributed by atoms with Gasteiger partial charge in [0.05, 0.1) is 18.5 Å². The van der Waals surface area contributed by atoms with Crippen molar-refractivity contribution in [3.05, 3.63) is 0 Å². The summed E-state index contributed by atoms with van der Waals surface area (Å²) < 4.78 is 0. The fraction of sp³-hybridized carbons (Fsp3) is 0.846. The number of piperidine rings is 2. The van der Waals surface area contributed by atoms with Crippen LogP contribution >= 0.6 is 0 Å². The smallest absolute Gasteiger partial charge is 0.236 e. The first-order valence-corrected chi connectivity index (χ1v) is 6.69. The number of likely N-dealkylation sites (tertiary alicyclic amines) is 2. The molecule has 1 unspecified atom stereocenters. The van der Waals surface area contributed by atoms with Crippen LogP contribution < -0.4 is 0 Å². The molecule has 3 fully saturated rings. The van der Waals surface area contributed by atoms with E-state index < -0.39 is 0 Å². The maximum absolute atomic E-state index is 12.1. The zero-order valence-electron chi connectivity index (χ0n) is 10.1. The Balaban J connectivity index is 1.47. The van der Waals surface area contributed by atoms with E-state index >= 15 is 0 Å². The minimum Gasteiger partial charge on any atom is -0.341 e. The van der Waals surface area contributed by atoms with Gasteiger partial charge in [0.15, 0.2) is 0 Å². The molecule has 0 bridgehead atoms. The molecule has 2 heterocycles. The molecule has 3 rings (SSSR count). The van der Waals surface area contributed by atoms with Gasteiger partial charge in [0, 0.05) is 13.1 Å². The molecule has 0 radical (unpaired) electrons. The molecule has 1 saturated carbocycles. The van der Waals surface area contributed by atoms with Crippen LogP contribution in [0, 0.1) is 29.1 Å². The molecular weight excluding hydrogens is 214 g/mol. The summed E-state index contributed by atoms with van der Waals surface area (Å²) in [4.78, 5) is 16.3. The number of fused-ring (bicyclic) bond motifs is 1. The summed E-state index contributed by atoms with van der Waals surface area (Å²) in [6, 6.07) is 2.33. The Morgan fingerprint density at radius 3 is 2.41 bits per heavy atom. The van der Waals surface area contributed by atoms with Crippen molar-refractivity contribution >= 4 is 5.91 Å². The van der Waals surface area contributed by atoms with Crippen LogP contribution in [-0.4, -0.2) is 48.4 Å². The van der Waals surface area contributed by atoms with E-state index in [0.717, 1.165) is 26.2 Å². The van der Waals surface area contributed by atoms with Crippen molar-refractivity contribution in [2.45, 2.75) is 19.3 Å². The van der Waals surface area contributed by atoms with Crippen molar-refractivity contribution < 1.29 is 4.79 Å². The van der Waals surface area contributed by atoms with Crippen LogP contribution in [0.15, 0.2) is 0 Å². The second-order valence-electron chi connectivity index (χ2n) is 5.62. The Kier molecular flexibility index (Phi) is 2.79. The number of carbonyl (C=O) groups excluding carboxylic acids is 1. The highest BCUT2D eigenvalue weighted by molar-refractivity contribution is 5.79. The van der Waals surface area contributed by atoms with Gasteiger partial charge in [-0.25, -0.2) is 0 Å². The predicted octanol–water partition coefficient (Wildman–Crippen LogP) is 0.700. The first kappa shape index (κ1) is 11.0. The van der Waals surface area contributed by atoms with Gasteiger partial charge in [0.25, 0.3) is 0 Å². The molecule has 0 N–H and O–H groups in total. The highest BCUT2D eigenvalue weighted by atomic mass is 16.2. The molecule has 3 aliphatic rings. The molecule has 0 aromatic rings. The van der Waals surface area contributed by atoms with Crippen molar-refractivity contribution in [1.82, 2.24) is 9.80 Å². The fourth-order valence-corrected chi connectivity index (χ4v) is 3.33. The van der Waals surface area contributed by atoms with Crippen molar-refractivity contribution in [2.24, 2.45) is 17.8 Å². The monoisotopic (exact) mass is 233 g/mol. The molecule has 17 heavy (non-hydrogen) atoms. The van der Waals surface area contributed by atoms with Crippen molar-refractivity contribution in [2.75, 3.05) is 32.7 Å². The Morgan fingerprint density at radius 2 is 1.82 bits per heavy atom. The lowest BCUT2D eigenvalue weighted by Gasteiger charge is -2.28. The van der Waals surface area contributed by atoms with Crippen molar-refractivity contribution in [3.8, 4) is 6.07 Å². The normalized spacial score (nSPS) is 36.4. The van der Waals surface area contributed by atoms with E-state index in [-0.39, 0.29) is 11.8 Å². The molecule has 4 heteroatoms. The van der Waals surface area contributed by atoms with Gasteiger partial charge >= 0.3 is 0 Å². The Bertz CT molecular complexity index is 344. The molecule has 92 valence electrons. The summed E-state index contributed by atoms with van der Waals surface area (Å²) in [5.74, 6) is 1.50. The van der Waals surface area contributed by atoms with Crippen LogP contribution in [0.5, 0.6) is 0 Å². The van der Waals surface area contributed by atoms with E-state index in [1.807, 2.05) is 4.90 Å².